The van der Waals surface area contributed by atoms with Gasteiger partial charge in [0, 0.05) is 5.33 Å². The number of alkyl halides is 1. The fraction of sp³-hybridized carbons (Fsp3) is 0.400. The van der Waals surface area contributed by atoms with Crippen LogP contribution in [0.4, 0.5) is 4.79 Å². The van der Waals surface area contributed by atoms with Gasteiger partial charge >= 0.3 is 18.0 Å². The highest BCUT2D eigenvalue weighted by molar-refractivity contribution is 9.09. The van der Waals surface area contributed by atoms with E-state index in [0.29, 0.717) is 6.42 Å². The average Bonchev–Trinajstić information content (AvgIpc) is 2.52. The molecule has 0 radical (unpaired) electrons. The van der Waals surface area contributed by atoms with E-state index < -0.39 is 23.9 Å². The molecule has 8 heteroatoms. The Kier molecular flexibility index (Phi) is 8.10. The van der Waals surface area contributed by atoms with E-state index in [1.165, 1.54) is 0 Å². The van der Waals surface area contributed by atoms with E-state index in [9.17, 15) is 19.5 Å². The highest BCUT2D eigenvalue weighted by Gasteiger charge is 2.30. The first-order valence-electron chi connectivity index (χ1n) is 6.98. The predicted octanol–water partition coefficient (Wildman–Crippen LogP) is 2.07. The van der Waals surface area contributed by atoms with Gasteiger partial charge in [0.25, 0.3) is 0 Å². The molecule has 0 bridgehead atoms. The maximum absolute atomic E-state index is 11.9. The second-order valence-corrected chi connectivity index (χ2v) is 5.34. The van der Waals surface area contributed by atoms with Crippen molar-refractivity contribution >= 4 is 34.0 Å². The lowest BCUT2D eigenvalue weighted by Crippen LogP contribution is -2.35. The van der Waals surface area contributed by atoms with Crippen LogP contribution in [0.2, 0.25) is 0 Å². The SMILES string of the molecule is CCOC(=O)NOC(=O)C(Cc1ccccc1CCBr)C(=O)O. The molecule has 0 saturated carbocycles. The smallest absolute Gasteiger partial charge is 0.440 e. The average molecular weight is 388 g/mol. The summed E-state index contributed by atoms with van der Waals surface area (Å²) in [6, 6.07) is 7.25. The summed E-state index contributed by atoms with van der Waals surface area (Å²) in [6.45, 7) is 1.69. The number of halogens is 1. The monoisotopic (exact) mass is 387 g/mol. The summed E-state index contributed by atoms with van der Waals surface area (Å²) in [5, 5.41) is 9.96. The first kappa shape index (κ1) is 19.0. The van der Waals surface area contributed by atoms with E-state index in [2.05, 4.69) is 25.5 Å². The van der Waals surface area contributed by atoms with Crippen molar-refractivity contribution < 1.29 is 29.1 Å². The fourth-order valence-corrected chi connectivity index (χ4v) is 2.34. The van der Waals surface area contributed by atoms with Crippen LogP contribution in [0.3, 0.4) is 0 Å². The summed E-state index contributed by atoms with van der Waals surface area (Å²) >= 11 is 3.33. The van der Waals surface area contributed by atoms with Crippen LogP contribution in [0.1, 0.15) is 18.1 Å². The molecule has 1 amide bonds. The Morgan fingerprint density at radius 3 is 2.48 bits per heavy atom. The minimum atomic E-state index is -1.42. The molecule has 126 valence electrons. The summed E-state index contributed by atoms with van der Waals surface area (Å²) in [7, 11) is 0. The Morgan fingerprint density at radius 2 is 1.91 bits per heavy atom. The lowest BCUT2D eigenvalue weighted by molar-refractivity contribution is -0.163. The Labute approximate surface area is 142 Å². The zero-order valence-corrected chi connectivity index (χ0v) is 14.2. The molecule has 0 aromatic heterocycles. The molecule has 1 atom stereocenters. The van der Waals surface area contributed by atoms with Gasteiger partial charge in [0.1, 0.15) is 0 Å². The third kappa shape index (κ3) is 6.27. The van der Waals surface area contributed by atoms with Crippen molar-refractivity contribution in [3.63, 3.8) is 0 Å². The molecular weight excluding hydrogens is 370 g/mol. The van der Waals surface area contributed by atoms with E-state index in [1.807, 2.05) is 12.1 Å². The quantitative estimate of drug-likeness (QED) is 0.421. The second kappa shape index (κ2) is 9.83. The molecule has 0 aliphatic rings. The van der Waals surface area contributed by atoms with Gasteiger partial charge in [-0.25, -0.2) is 9.59 Å². The van der Waals surface area contributed by atoms with Crippen molar-refractivity contribution in [2.45, 2.75) is 19.8 Å². The predicted molar refractivity (Wildman–Crippen MR) is 85.0 cm³/mol. The number of carbonyl (C=O) groups is 3. The number of aryl methyl sites for hydroxylation is 1. The molecule has 0 saturated heterocycles. The van der Waals surface area contributed by atoms with Crippen molar-refractivity contribution in [2.75, 3.05) is 11.9 Å². The van der Waals surface area contributed by atoms with Gasteiger partial charge < -0.3 is 14.7 Å². The van der Waals surface area contributed by atoms with Crippen LogP contribution in [0.25, 0.3) is 0 Å². The van der Waals surface area contributed by atoms with Crippen molar-refractivity contribution in [1.82, 2.24) is 5.48 Å². The third-order valence-electron chi connectivity index (χ3n) is 3.00. The molecule has 1 rings (SSSR count). The fourth-order valence-electron chi connectivity index (χ4n) is 1.92. The number of aliphatic carboxylic acids is 1. The standard InChI is InChI=1S/C15H18BrNO6/c1-2-22-15(21)17-23-14(20)12(13(18)19)9-11-6-4-3-5-10(11)7-8-16/h3-6,12H,2,7-9H2,1H3,(H,17,21)(H,18,19). The Balaban J connectivity index is 2.77. The highest BCUT2D eigenvalue weighted by atomic mass is 79.9. The van der Waals surface area contributed by atoms with Gasteiger partial charge in [0.2, 0.25) is 0 Å². The van der Waals surface area contributed by atoms with Gasteiger partial charge in [0.15, 0.2) is 5.92 Å². The van der Waals surface area contributed by atoms with Crippen LogP contribution in [-0.4, -0.2) is 35.1 Å². The van der Waals surface area contributed by atoms with Crippen LogP contribution in [-0.2, 0) is 32.0 Å². The zero-order chi connectivity index (χ0) is 17.2. The molecule has 1 aromatic carbocycles. The van der Waals surface area contributed by atoms with E-state index in [0.717, 1.165) is 16.5 Å². The molecule has 0 aliphatic heterocycles. The Morgan fingerprint density at radius 1 is 1.26 bits per heavy atom. The summed E-state index contributed by atoms with van der Waals surface area (Å²) in [4.78, 5) is 38.8. The number of amides is 1. The minimum Gasteiger partial charge on any atom is -0.481 e. The van der Waals surface area contributed by atoms with E-state index in [1.54, 1.807) is 24.5 Å². The zero-order valence-electron chi connectivity index (χ0n) is 12.6. The Hall–Kier alpha value is -2.09. The molecule has 1 aromatic rings. The van der Waals surface area contributed by atoms with Gasteiger partial charge in [-0.05, 0) is 30.9 Å². The van der Waals surface area contributed by atoms with Crippen LogP contribution in [0, 0.1) is 5.92 Å². The largest absolute Gasteiger partial charge is 0.481 e. The molecule has 23 heavy (non-hydrogen) atoms. The number of carboxylic acid groups (broad SMARTS) is 1. The number of hydrogen-bond acceptors (Lipinski definition) is 5. The van der Waals surface area contributed by atoms with Crippen LogP contribution < -0.4 is 5.48 Å². The van der Waals surface area contributed by atoms with E-state index in [-0.39, 0.29) is 13.0 Å². The number of carboxylic acids is 1. The number of nitrogens with one attached hydrogen (secondary N) is 1. The maximum atomic E-state index is 11.9. The summed E-state index contributed by atoms with van der Waals surface area (Å²) in [6.07, 6.45) is -0.273. The lowest BCUT2D eigenvalue weighted by Gasteiger charge is -2.14. The summed E-state index contributed by atoms with van der Waals surface area (Å²) in [5.74, 6) is -3.80. The van der Waals surface area contributed by atoms with Crippen LogP contribution in [0.5, 0.6) is 0 Å². The molecule has 0 heterocycles. The second-order valence-electron chi connectivity index (χ2n) is 4.55. The number of ether oxygens (including phenoxy) is 1. The van der Waals surface area contributed by atoms with Gasteiger partial charge in [-0.15, -0.1) is 5.48 Å². The molecule has 1 unspecified atom stereocenters. The third-order valence-corrected chi connectivity index (χ3v) is 3.40. The normalized spacial score (nSPS) is 11.4. The molecule has 0 aliphatic carbocycles. The summed E-state index contributed by atoms with van der Waals surface area (Å²) in [5.41, 5.74) is 3.45. The maximum Gasteiger partial charge on any atom is 0.440 e. The number of hydrogen-bond donors (Lipinski definition) is 2. The lowest BCUT2D eigenvalue weighted by atomic mass is 9.94. The molecule has 2 N–H and O–H groups in total. The Bertz CT molecular complexity index is 563. The first-order valence-corrected chi connectivity index (χ1v) is 8.10. The van der Waals surface area contributed by atoms with E-state index >= 15 is 0 Å². The molecule has 0 fully saturated rings. The number of carbonyl (C=O) groups excluding carboxylic acids is 2. The van der Waals surface area contributed by atoms with Crippen molar-refractivity contribution in [3.8, 4) is 0 Å². The van der Waals surface area contributed by atoms with Gasteiger partial charge in [0.05, 0.1) is 6.61 Å². The number of benzene rings is 1. The van der Waals surface area contributed by atoms with Gasteiger partial charge in [-0.2, -0.15) is 0 Å². The van der Waals surface area contributed by atoms with Crippen LogP contribution in [0.15, 0.2) is 24.3 Å². The first-order chi connectivity index (χ1) is 11.0. The molecule has 7 nitrogen and oxygen atoms in total. The van der Waals surface area contributed by atoms with Crippen molar-refractivity contribution in [2.24, 2.45) is 5.92 Å². The highest BCUT2D eigenvalue weighted by Crippen LogP contribution is 2.17. The molecular formula is C15H18BrNO6. The van der Waals surface area contributed by atoms with Gasteiger partial charge in [-0.1, -0.05) is 40.2 Å². The minimum absolute atomic E-state index is 0.0259. The number of hydroxylamine groups is 1. The van der Waals surface area contributed by atoms with Crippen molar-refractivity contribution in [3.05, 3.63) is 35.4 Å². The van der Waals surface area contributed by atoms with Crippen LogP contribution >= 0.6 is 15.9 Å². The topological polar surface area (TPSA) is 102 Å². The number of rotatable bonds is 7. The molecule has 0 spiro atoms. The van der Waals surface area contributed by atoms with Crippen molar-refractivity contribution in [1.29, 1.82) is 0 Å². The summed E-state index contributed by atoms with van der Waals surface area (Å²) < 4.78 is 4.52. The van der Waals surface area contributed by atoms with E-state index in [4.69, 9.17) is 0 Å². The van der Waals surface area contributed by atoms with Gasteiger partial charge in [-0.3, -0.25) is 4.79 Å².